The first-order valence-electron chi connectivity index (χ1n) is 9.64. The molecule has 2 saturated carbocycles. The van der Waals surface area contributed by atoms with E-state index in [1.807, 2.05) is 0 Å². The van der Waals surface area contributed by atoms with Crippen LogP contribution in [0.5, 0.6) is 0 Å². The molecule has 25 heavy (non-hydrogen) atoms. The lowest BCUT2D eigenvalue weighted by Crippen LogP contribution is -2.51. The van der Waals surface area contributed by atoms with E-state index in [0.717, 1.165) is 32.1 Å². The molecule has 6 atom stereocenters. The van der Waals surface area contributed by atoms with Gasteiger partial charge in [-0.1, -0.05) is 25.1 Å². The summed E-state index contributed by atoms with van der Waals surface area (Å²) in [5.74, 6) is 0.910. The van der Waals surface area contributed by atoms with E-state index in [9.17, 15) is 15.1 Å². The largest absolute Gasteiger partial charge is 0.411 e. The van der Waals surface area contributed by atoms with Gasteiger partial charge in [0, 0.05) is 17.3 Å². The van der Waals surface area contributed by atoms with Gasteiger partial charge < -0.3 is 10.3 Å². The monoisotopic (exact) mass is 343 g/mol. The molecule has 136 valence electrons. The van der Waals surface area contributed by atoms with Crippen molar-refractivity contribution in [3.8, 4) is 0 Å². The predicted molar refractivity (Wildman–Crippen MR) is 96.5 cm³/mol. The number of Topliss-reactive ketones (excluding diaryl/α,β-unsaturated/α-hetero) is 1. The maximum Gasteiger partial charge on any atom is 0.134 e. The number of aliphatic hydroxyl groups excluding tert-OH is 1. The number of ketones is 1. The number of aliphatic hydroxyl groups is 1. The van der Waals surface area contributed by atoms with Gasteiger partial charge in [-0.15, -0.1) is 0 Å². The smallest absolute Gasteiger partial charge is 0.134 e. The minimum Gasteiger partial charge on any atom is -0.411 e. The van der Waals surface area contributed by atoms with Crippen molar-refractivity contribution in [1.29, 1.82) is 0 Å². The molecule has 4 heteroatoms. The Hall–Kier alpha value is -1.42. The average Bonchev–Trinajstić information content (AvgIpc) is 2.92. The number of fused-ring (bicyclic) bond motifs is 5. The highest BCUT2D eigenvalue weighted by Gasteiger charge is 2.57. The van der Waals surface area contributed by atoms with Crippen LogP contribution in [0, 0.1) is 28.6 Å². The quantitative estimate of drug-likeness (QED) is 0.561. The van der Waals surface area contributed by atoms with Crippen molar-refractivity contribution in [2.24, 2.45) is 33.7 Å². The molecule has 4 rings (SSSR count). The topological polar surface area (TPSA) is 69.9 Å². The number of rotatable bonds is 1. The van der Waals surface area contributed by atoms with Crippen molar-refractivity contribution >= 4 is 11.5 Å². The van der Waals surface area contributed by atoms with Gasteiger partial charge in [-0.2, -0.15) is 0 Å². The number of carbonyl (C=O) groups excluding carboxylic acids is 1. The van der Waals surface area contributed by atoms with Crippen molar-refractivity contribution in [3.63, 3.8) is 0 Å². The molecule has 2 fully saturated rings. The third-order valence-corrected chi connectivity index (χ3v) is 7.96. The summed E-state index contributed by atoms with van der Waals surface area (Å²) >= 11 is 0. The molecule has 0 heterocycles. The van der Waals surface area contributed by atoms with Gasteiger partial charge in [-0.05, 0) is 74.0 Å². The lowest BCUT2D eigenvalue weighted by atomic mass is 9.48. The zero-order valence-electron chi connectivity index (χ0n) is 15.5. The number of oxime groups is 1. The van der Waals surface area contributed by atoms with Crippen LogP contribution in [0.1, 0.15) is 59.3 Å². The van der Waals surface area contributed by atoms with E-state index < -0.39 is 0 Å². The lowest BCUT2D eigenvalue weighted by Gasteiger charge is -2.55. The normalized spacial score (nSPS) is 47.4. The van der Waals surface area contributed by atoms with Crippen LogP contribution >= 0.6 is 0 Å². The number of hydrogen-bond acceptors (Lipinski definition) is 4. The summed E-state index contributed by atoms with van der Waals surface area (Å²) in [5, 5.41) is 23.4. The number of nitrogens with zero attached hydrogens (tertiary/aromatic N) is 1. The van der Waals surface area contributed by atoms with Crippen molar-refractivity contribution in [3.05, 3.63) is 23.3 Å². The fraction of sp³-hybridized carbons (Fsp3) is 0.714. The van der Waals surface area contributed by atoms with Crippen LogP contribution in [-0.2, 0) is 4.79 Å². The Bertz CT molecular complexity index is 706. The van der Waals surface area contributed by atoms with Crippen LogP contribution in [0.3, 0.4) is 0 Å². The van der Waals surface area contributed by atoms with Crippen LogP contribution in [0.15, 0.2) is 28.5 Å². The summed E-state index contributed by atoms with van der Waals surface area (Å²) in [4.78, 5) is 12.2. The SMILES string of the molecule is CC(=O)C1CC=C2C3=C/C(=N/O)C4CC(O)CCC4(C)C3CCC21C. The van der Waals surface area contributed by atoms with Crippen LogP contribution in [0.4, 0.5) is 0 Å². The molecular formula is C21H29NO3. The zero-order valence-corrected chi connectivity index (χ0v) is 15.5. The Morgan fingerprint density at radius 2 is 2.00 bits per heavy atom. The van der Waals surface area contributed by atoms with E-state index in [1.54, 1.807) is 6.92 Å². The molecule has 4 nitrogen and oxygen atoms in total. The van der Waals surface area contributed by atoms with E-state index in [0.29, 0.717) is 18.1 Å². The van der Waals surface area contributed by atoms with Gasteiger partial charge in [0.25, 0.3) is 0 Å². The second kappa shape index (κ2) is 5.54. The molecular weight excluding hydrogens is 314 g/mol. The van der Waals surface area contributed by atoms with Crippen LogP contribution < -0.4 is 0 Å². The molecule has 0 saturated heterocycles. The van der Waals surface area contributed by atoms with Crippen molar-refractivity contribution < 1.29 is 15.1 Å². The van der Waals surface area contributed by atoms with Gasteiger partial charge in [0.2, 0.25) is 0 Å². The summed E-state index contributed by atoms with van der Waals surface area (Å²) in [6.07, 6.45) is 9.44. The summed E-state index contributed by atoms with van der Waals surface area (Å²) in [6, 6.07) is 0. The van der Waals surface area contributed by atoms with Gasteiger partial charge in [0.15, 0.2) is 0 Å². The number of carbonyl (C=O) groups is 1. The maximum absolute atomic E-state index is 12.2. The van der Waals surface area contributed by atoms with Crippen LogP contribution in [-0.4, -0.2) is 27.9 Å². The average molecular weight is 343 g/mol. The third-order valence-electron chi connectivity index (χ3n) is 7.96. The molecule has 4 aliphatic carbocycles. The molecule has 0 aromatic rings. The van der Waals surface area contributed by atoms with E-state index in [4.69, 9.17) is 0 Å². The summed E-state index contributed by atoms with van der Waals surface area (Å²) < 4.78 is 0. The molecule has 2 N–H and O–H groups in total. The molecule has 6 unspecified atom stereocenters. The number of allylic oxidation sites excluding steroid dienone is 4. The van der Waals surface area contributed by atoms with Crippen LogP contribution in [0.25, 0.3) is 0 Å². The second-order valence-corrected chi connectivity index (χ2v) is 9.14. The van der Waals surface area contributed by atoms with Crippen LogP contribution in [0.2, 0.25) is 0 Å². The molecule has 4 aliphatic rings. The Morgan fingerprint density at radius 1 is 1.24 bits per heavy atom. The van der Waals surface area contributed by atoms with E-state index in [-0.39, 0.29) is 34.6 Å². The highest BCUT2D eigenvalue weighted by atomic mass is 16.4. The molecule has 0 aromatic heterocycles. The minimum absolute atomic E-state index is 0.0291. The van der Waals surface area contributed by atoms with Crippen molar-refractivity contribution in [2.45, 2.75) is 65.4 Å². The summed E-state index contributed by atoms with van der Waals surface area (Å²) in [5.41, 5.74) is 3.27. The maximum atomic E-state index is 12.2. The van der Waals surface area contributed by atoms with Gasteiger partial charge in [0.05, 0.1) is 11.8 Å². The van der Waals surface area contributed by atoms with E-state index in [2.05, 4.69) is 31.2 Å². The summed E-state index contributed by atoms with van der Waals surface area (Å²) in [7, 11) is 0. The molecule has 0 spiro atoms. The Balaban J connectivity index is 1.80. The van der Waals surface area contributed by atoms with Gasteiger partial charge in [-0.25, -0.2) is 0 Å². The minimum atomic E-state index is -0.300. The third kappa shape index (κ3) is 2.22. The van der Waals surface area contributed by atoms with Gasteiger partial charge in [-0.3, -0.25) is 4.79 Å². The molecule has 0 radical (unpaired) electrons. The van der Waals surface area contributed by atoms with Crippen molar-refractivity contribution in [1.82, 2.24) is 0 Å². The molecule has 0 aliphatic heterocycles. The first-order valence-corrected chi connectivity index (χ1v) is 9.64. The molecule has 0 aromatic carbocycles. The number of hydrogen-bond donors (Lipinski definition) is 2. The fourth-order valence-corrected chi connectivity index (χ4v) is 6.48. The lowest BCUT2D eigenvalue weighted by molar-refractivity contribution is -0.123. The Labute approximate surface area is 149 Å². The molecule has 0 amide bonds. The predicted octanol–water partition coefficient (Wildman–Crippen LogP) is 3.88. The fourth-order valence-electron chi connectivity index (χ4n) is 6.48. The highest BCUT2D eigenvalue weighted by molar-refractivity contribution is 6.00. The Morgan fingerprint density at radius 3 is 2.68 bits per heavy atom. The van der Waals surface area contributed by atoms with Gasteiger partial charge >= 0.3 is 0 Å². The standard InChI is InChI=1S/C21H29NO3/c1-12(23)15-4-5-16-14-11-19(22-25)18-10-13(24)6-8-21(18,3)17(14)7-9-20(15,16)2/h5,11,13,15,17-18,24-25H,4,6-10H2,1-3H3/b22-19-. The Kier molecular flexibility index (Phi) is 3.77. The first kappa shape index (κ1) is 17.0. The summed E-state index contributed by atoms with van der Waals surface area (Å²) in [6.45, 7) is 6.27. The van der Waals surface area contributed by atoms with E-state index >= 15 is 0 Å². The van der Waals surface area contributed by atoms with Gasteiger partial charge in [0.1, 0.15) is 5.78 Å². The first-order chi connectivity index (χ1) is 11.8. The highest BCUT2D eigenvalue weighted by Crippen LogP contribution is 2.63. The molecule has 0 bridgehead atoms. The van der Waals surface area contributed by atoms with E-state index in [1.165, 1.54) is 11.1 Å². The zero-order chi connectivity index (χ0) is 18.0. The van der Waals surface area contributed by atoms with Crippen molar-refractivity contribution in [2.75, 3.05) is 0 Å². The second-order valence-electron chi connectivity index (χ2n) is 9.14.